The van der Waals surface area contributed by atoms with Crippen LogP contribution in [0.4, 0.5) is 5.69 Å². The van der Waals surface area contributed by atoms with E-state index in [4.69, 9.17) is 11.6 Å². The van der Waals surface area contributed by atoms with Crippen LogP contribution in [-0.2, 0) is 6.42 Å². The predicted octanol–water partition coefficient (Wildman–Crippen LogP) is 5.80. The van der Waals surface area contributed by atoms with E-state index in [1.807, 2.05) is 24.3 Å². The first-order valence-corrected chi connectivity index (χ1v) is 9.24. The first kappa shape index (κ1) is 18.9. The summed E-state index contributed by atoms with van der Waals surface area (Å²) in [5.74, 6) is -0.242. The molecule has 0 bridgehead atoms. The molecule has 0 spiro atoms. The summed E-state index contributed by atoms with van der Waals surface area (Å²) in [7, 11) is 0. The van der Waals surface area contributed by atoms with Crippen molar-refractivity contribution >= 4 is 29.0 Å². The summed E-state index contributed by atoms with van der Waals surface area (Å²) in [5, 5.41) is 3.40. The number of anilines is 1. The van der Waals surface area contributed by atoms with Gasteiger partial charge in [-0.2, -0.15) is 0 Å². The third kappa shape index (κ3) is 5.28. The van der Waals surface area contributed by atoms with Crippen LogP contribution in [0.25, 0.3) is 0 Å². The molecule has 0 heterocycles. The SMILES string of the molecule is O=C(Nc1ccccc1C(=O)CCCc1ccccc1)c1ccc(Cl)cc1. The Balaban J connectivity index is 1.65. The second-order valence-electron chi connectivity index (χ2n) is 6.27. The van der Waals surface area contributed by atoms with E-state index in [-0.39, 0.29) is 11.7 Å². The molecule has 1 amide bonds. The fraction of sp³-hybridized carbons (Fsp3) is 0.130. The summed E-state index contributed by atoms with van der Waals surface area (Å²) in [6.45, 7) is 0. The lowest BCUT2D eigenvalue weighted by Crippen LogP contribution is -2.14. The van der Waals surface area contributed by atoms with Crippen molar-refractivity contribution < 1.29 is 9.59 Å². The van der Waals surface area contributed by atoms with E-state index in [9.17, 15) is 9.59 Å². The molecule has 3 aromatic rings. The molecular formula is C23H20ClNO2. The molecular weight excluding hydrogens is 358 g/mol. The Labute approximate surface area is 164 Å². The van der Waals surface area contributed by atoms with Gasteiger partial charge in [0.2, 0.25) is 0 Å². The maximum absolute atomic E-state index is 12.6. The Morgan fingerprint density at radius 3 is 2.22 bits per heavy atom. The van der Waals surface area contributed by atoms with E-state index < -0.39 is 0 Å². The van der Waals surface area contributed by atoms with Gasteiger partial charge in [0.1, 0.15) is 0 Å². The van der Waals surface area contributed by atoms with Gasteiger partial charge < -0.3 is 5.32 Å². The van der Waals surface area contributed by atoms with Gasteiger partial charge in [-0.1, -0.05) is 54.1 Å². The lowest BCUT2D eigenvalue weighted by atomic mass is 10.0. The lowest BCUT2D eigenvalue weighted by molar-refractivity contribution is 0.0981. The molecule has 0 unspecified atom stereocenters. The summed E-state index contributed by atoms with van der Waals surface area (Å²) in [6, 6.07) is 23.8. The molecule has 27 heavy (non-hydrogen) atoms. The molecule has 1 N–H and O–H groups in total. The van der Waals surface area contributed by atoms with E-state index in [1.165, 1.54) is 5.56 Å². The number of carbonyl (C=O) groups excluding carboxylic acids is 2. The Morgan fingerprint density at radius 2 is 1.48 bits per heavy atom. The van der Waals surface area contributed by atoms with Crippen molar-refractivity contribution in [3.05, 3.63) is 101 Å². The van der Waals surface area contributed by atoms with Gasteiger partial charge in [-0.15, -0.1) is 0 Å². The number of Topliss-reactive ketones (excluding diaryl/α,β-unsaturated/α-hetero) is 1. The van der Waals surface area contributed by atoms with Crippen LogP contribution in [0.2, 0.25) is 5.02 Å². The number of halogens is 1. The van der Waals surface area contributed by atoms with E-state index >= 15 is 0 Å². The lowest BCUT2D eigenvalue weighted by Gasteiger charge is -2.10. The van der Waals surface area contributed by atoms with Crippen LogP contribution >= 0.6 is 11.6 Å². The number of aryl methyl sites for hydroxylation is 1. The molecule has 136 valence electrons. The van der Waals surface area contributed by atoms with Crippen LogP contribution in [-0.4, -0.2) is 11.7 Å². The van der Waals surface area contributed by atoms with Crippen molar-refractivity contribution in [3.8, 4) is 0 Å². The van der Waals surface area contributed by atoms with Crippen molar-refractivity contribution in [2.45, 2.75) is 19.3 Å². The fourth-order valence-corrected chi connectivity index (χ4v) is 2.99. The highest BCUT2D eigenvalue weighted by Gasteiger charge is 2.14. The molecule has 0 aromatic heterocycles. The molecule has 0 saturated carbocycles. The highest BCUT2D eigenvalue weighted by atomic mass is 35.5. The zero-order valence-electron chi connectivity index (χ0n) is 14.8. The van der Waals surface area contributed by atoms with E-state index in [0.29, 0.717) is 28.3 Å². The van der Waals surface area contributed by atoms with Crippen LogP contribution < -0.4 is 5.32 Å². The van der Waals surface area contributed by atoms with Crippen molar-refractivity contribution in [3.63, 3.8) is 0 Å². The van der Waals surface area contributed by atoms with Crippen molar-refractivity contribution in [2.75, 3.05) is 5.32 Å². The zero-order chi connectivity index (χ0) is 19.1. The first-order valence-electron chi connectivity index (χ1n) is 8.86. The van der Waals surface area contributed by atoms with Crippen molar-refractivity contribution in [1.29, 1.82) is 0 Å². The van der Waals surface area contributed by atoms with Crippen molar-refractivity contribution in [2.24, 2.45) is 0 Å². The van der Waals surface area contributed by atoms with Gasteiger partial charge in [-0.25, -0.2) is 0 Å². The summed E-state index contributed by atoms with van der Waals surface area (Å²) in [6.07, 6.45) is 2.05. The van der Waals surface area contributed by atoms with E-state index in [2.05, 4.69) is 17.4 Å². The van der Waals surface area contributed by atoms with Crippen LogP contribution in [0.15, 0.2) is 78.9 Å². The van der Waals surface area contributed by atoms with Gasteiger partial charge in [0.05, 0.1) is 5.69 Å². The van der Waals surface area contributed by atoms with Gasteiger partial charge in [0, 0.05) is 22.6 Å². The van der Waals surface area contributed by atoms with Gasteiger partial charge in [-0.05, 0) is 54.8 Å². The Kier molecular flexibility index (Phi) is 6.39. The molecule has 0 aliphatic rings. The number of carbonyl (C=O) groups is 2. The standard InChI is InChI=1S/C23H20ClNO2/c24-19-15-13-18(14-16-19)23(27)25-21-11-5-4-10-20(21)22(26)12-6-9-17-7-2-1-3-8-17/h1-5,7-8,10-11,13-16H,6,9,12H2,(H,25,27). The smallest absolute Gasteiger partial charge is 0.255 e. The summed E-state index contributed by atoms with van der Waals surface area (Å²) in [5.41, 5.74) is 2.77. The topological polar surface area (TPSA) is 46.2 Å². The minimum Gasteiger partial charge on any atom is -0.321 e. The van der Waals surface area contributed by atoms with Gasteiger partial charge in [-0.3, -0.25) is 9.59 Å². The minimum atomic E-state index is -0.267. The number of para-hydroxylation sites is 1. The molecule has 0 fully saturated rings. The average molecular weight is 378 g/mol. The third-order valence-corrected chi connectivity index (χ3v) is 4.55. The summed E-state index contributed by atoms with van der Waals surface area (Å²) in [4.78, 5) is 25.1. The molecule has 0 saturated heterocycles. The maximum Gasteiger partial charge on any atom is 0.255 e. The van der Waals surface area contributed by atoms with Gasteiger partial charge in [0.15, 0.2) is 5.78 Å². The van der Waals surface area contributed by atoms with Crippen molar-refractivity contribution in [1.82, 2.24) is 0 Å². The summed E-state index contributed by atoms with van der Waals surface area (Å²) < 4.78 is 0. The third-order valence-electron chi connectivity index (χ3n) is 4.29. The van der Waals surface area contributed by atoms with E-state index in [0.717, 1.165) is 12.8 Å². The molecule has 3 nitrogen and oxygen atoms in total. The van der Waals surface area contributed by atoms with E-state index in [1.54, 1.807) is 42.5 Å². The highest BCUT2D eigenvalue weighted by Crippen LogP contribution is 2.20. The Morgan fingerprint density at radius 1 is 0.815 bits per heavy atom. The van der Waals surface area contributed by atoms with Crippen LogP contribution in [0, 0.1) is 0 Å². The predicted molar refractivity (Wildman–Crippen MR) is 110 cm³/mol. The van der Waals surface area contributed by atoms with Gasteiger partial charge in [0.25, 0.3) is 5.91 Å². The zero-order valence-corrected chi connectivity index (χ0v) is 15.6. The fourth-order valence-electron chi connectivity index (χ4n) is 2.86. The maximum atomic E-state index is 12.6. The highest BCUT2D eigenvalue weighted by molar-refractivity contribution is 6.30. The molecule has 0 aliphatic heterocycles. The Hall–Kier alpha value is -2.91. The Bertz CT molecular complexity index is 921. The summed E-state index contributed by atoms with van der Waals surface area (Å²) >= 11 is 5.86. The van der Waals surface area contributed by atoms with Crippen LogP contribution in [0.3, 0.4) is 0 Å². The number of amides is 1. The van der Waals surface area contributed by atoms with Crippen LogP contribution in [0.1, 0.15) is 39.1 Å². The number of hydrogen-bond donors (Lipinski definition) is 1. The molecule has 4 heteroatoms. The minimum absolute atomic E-state index is 0.0259. The quantitative estimate of drug-likeness (QED) is 0.529. The molecule has 0 atom stereocenters. The normalized spacial score (nSPS) is 10.4. The average Bonchev–Trinajstić information content (AvgIpc) is 2.69. The largest absolute Gasteiger partial charge is 0.321 e. The number of benzene rings is 3. The first-order chi connectivity index (χ1) is 13.1. The second-order valence-corrected chi connectivity index (χ2v) is 6.71. The monoisotopic (exact) mass is 377 g/mol. The number of ketones is 1. The molecule has 3 rings (SSSR count). The molecule has 0 aliphatic carbocycles. The number of hydrogen-bond acceptors (Lipinski definition) is 2. The number of nitrogens with one attached hydrogen (secondary N) is 1. The second kappa shape index (κ2) is 9.15. The molecule has 3 aromatic carbocycles. The molecule has 0 radical (unpaired) electrons. The van der Waals surface area contributed by atoms with Crippen LogP contribution in [0.5, 0.6) is 0 Å². The number of rotatable bonds is 7. The van der Waals surface area contributed by atoms with Gasteiger partial charge >= 0.3 is 0 Å².